The van der Waals surface area contributed by atoms with Gasteiger partial charge in [0.15, 0.2) is 0 Å². The zero-order valence-corrected chi connectivity index (χ0v) is 17.7. The second-order valence-electron chi connectivity index (χ2n) is 7.58. The number of rotatable bonds is 6. The smallest absolute Gasteiger partial charge is 0.328 e. The number of carbonyl (C=O) groups is 3. The van der Waals surface area contributed by atoms with Crippen molar-refractivity contribution in [1.29, 1.82) is 0 Å². The molecule has 0 aliphatic carbocycles. The van der Waals surface area contributed by atoms with Gasteiger partial charge in [-0.2, -0.15) is 0 Å². The van der Waals surface area contributed by atoms with Gasteiger partial charge >= 0.3 is 17.8 Å². The van der Waals surface area contributed by atoms with E-state index < -0.39 is 17.8 Å². The lowest BCUT2D eigenvalue weighted by molar-refractivity contribution is -0.137. The van der Waals surface area contributed by atoms with Crippen molar-refractivity contribution in [3.8, 4) is 11.3 Å². The Kier molecular flexibility index (Phi) is 6.55. The molecule has 0 bridgehead atoms. The highest BCUT2D eigenvalue weighted by atomic mass is 16.4. The first-order chi connectivity index (χ1) is 14.7. The Morgan fingerprint density at radius 2 is 1.48 bits per heavy atom. The van der Waals surface area contributed by atoms with E-state index in [0.717, 1.165) is 22.3 Å². The lowest BCUT2D eigenvalue weighted by Crippen LogP contribution is -2.35. The number of amides is 2. The number of hydrogen-bond donors (Lipinski definition) is 3. The predicted molar refractivity (Wildman–Crippen MR) is 119 cm³/mol. The van der Waals surface area contributed by atoms with Crippen LogP contribution in [0.5, 0.6) is 0 Å². The van der Waals surface area contributed by atoms with Gasteiger partial charge in [0, 0.05) is 23.4 Å². The van der Waals surface area contributed by atoms with Crippen molar-refractivity contribution in [2.45, 2.75) is 33.6 Å². The van der Waals surface area contributed by atoms with Crippen LogP contribution in [0.4, 0.5) is 5.69 Å². The van der Waals surface area contributed by atoms with Crippen LogP contribution < -0.4 is 10.7 Å². The summed E-state index contributed by atoms with van der Waals surface area (Å²) >= 11 is 0. The quantitative estimate of drug-likeness (QED) is 0.529. The Bertz CT molecular complexity index is 1110. The summed E-state index contributed by atoms with van der Waals surface area (Å²) < 4.78 is 1.48. The molecule has 7 heteroatoms. The monoisotopic (exact) mass is 419 g/mol. The highest BCUT2D eigenvalue weighted by molar-refractivity contribution is 6.42. The Labute approximate surface area is 180 Å². The molecule has 3 aromatic rings. The molecular formula is C24H25N3O4. The number of aromatic nitrogens is 1. The number of benzene rings is 2. The standard InChI is InChI=1S/C24H25N3O4/c1-15-4-6-18(7-5-15)21-10-8-20(9-11-22(28)29)27(21)26-24(31)23(30)25-19-13-16(2)12-17(3)14-19/h4-8,10,12-14H,9,11H2,1-3H3,(H,25,30)(H,26,31)(H,28,29). The molecule has 160 valence electrons. The number of aliphatic carboxylic acids is 1. The van der Waals surface area contributed by atoms with Crippen molar-refractivity contribution in [1.82, 2.24) is 4.68 Å². The summed E-state index contributed by atoms with van der Waals surface area (Å²) in [4.78, 5) is 36.2. The third-order valence-corrected chi connectivity index (χ3v) is 4.80. The second kappa shape index (κ2) is 9.30. The molecule has 0 spiro atoms. The van der Waals surface area contributed by atoms with Gasteiger partial charge < -0.3 is 10.4 Å². The molecule has 1 heterocycles. The van der Waals surface area contributed by atoms with Gasteiger partial charge in [-0.05, 0) is 56.2 Å². The highest BCUT2D eigenvalue weighted by Gasteiger charge is 2.19. The van der Waals surface area contributed by atoms with Gasteiger partial charge in [0.2, 0.25) is 0 Å². The van der Waals surface area contributed by atoms with Gasteiger partial charge in [-0.1, -0.05) is 35.9 Å². The van der Waals surface area contributed by atoms with E-state index in [1.165, 1.54) is 4.68 Å². The van der Waals surface area contributed by atoms with Gasteiger partial charge in [-0.3, -0.25) is 24.5 Å². The summed E-state index contributed by atoms with van der Waals surface area (Å²) in [6.07, 6.45) is 0.113. The lowest BCUT2D eigenvalue weighted by atomic mass is 10.1. The number of nitrogens with zero attached hydrogens (tertiary/aromatic N) is 1. The molecule has 31 heavy (non-hydrogen) atoms. The minimum Gasteiger partial charge on any atom is -0.481 e. The zero-order chi connectivity index (χ0) is 22.5. The van der Waals surface area contributed by atoms with Crippen LogP contribution in [-0.4, -0.2) is 27.6 Å². The third-order valence-electron chi connectivity index (χ3n) is 4.80. The van der Waals surface area contributed by atoms with Crippen LogP contribution in [-0.2, 0) is 20.8 Å². The summed E-state index contributed by atoms with van der Waals surface area (Å²) in [5.41, 5.74) is 8.27. The fraction of sp³-hybridized carbons (Fsp3) is 0.208. The van der Waals surface area contributed by atoms with E-state index >= 15 is 0 Å². The Balaban J connectivity index is 1.85. The van der Waals surface area contributed by atoms with E-state index in [9.17, 15) is 14.4 Å². The maximum absolute atomic E-state index is 12.7. The molecule has 2 aromatic carbocycles. The summed E-state index contributed by atoms with van der Waals surface area (Å²) in [6, 6.07) is 16.8. The highest BCUT2D eigenvalue weighted by Crippen LogP contribution is 2.23. The van der Waals surface area contributed by atoms with Crippen LogP contribution in [0.25, 0.3) is 11.3 Å². The van der Waals surface area contributed by atoms with E-state index in [2.05, 4.69) is 10.7 Å². The number of nitrogens with one attached hydrogen (secondary N) is 2. The summed E-state index contributed by atoms with van der Waals surface area (Å²) in [5.74, 6) is -2.60. The van der Waals surface area contributed by atoms with Gasteiger partial charge in [-0.15, -0.1) is 0 Å². The third kappa shape index (κ3) is 5.60. The maximum atomic E-state index is 12.7. The Morgan fingerprint density at radius 3 is 2.10 bits per heavy atom. The van der Waals surface area contributed by atoms with Crippen molar-refractivity contribution in [3.63, 3.8) is 0 Å². The number of carboxylic acids is 1. The van der Waals surface area contributed by atoms with E-state index in [0.29, 0.717) is 17.1 Å². The molecule has 0 saturated heterocycles. The van der Waals surface area contributed by atoms with Crippen molar-refractivity contribution in [2.75, 3.05) is 10.7 Å². The molecule has 7 nitrogen and oxygen atoms in total. The number of aryl methyl sites for hydroxylation is 4. The molecule has 0 unspecified atom stereocenters. The number of carbonyl (C=O) groups excluding carboxylic acids is 2. The maximum Gasteiger partial charge on any atom is 0.328 e. The lowest BCUT2D eigenvalue weighted by Gasteiger charge is -2.15. The fourth-order valence-electron chi connectivity index (χ4n) is 3.38. The molecule has 1 aromatic heterocycles. The number of hydrogen-bond acceptors (Lipinski definition) is 3. The Hall–Kier alpha value is -3.87. The average molecular weight is 419 g/mol. The van der Waals surface area contributed by atoms with Crippen LogP contribution in [0.1, 0.15) is 28.8 Å². The minimum absolute atomic E-state index is 0.0953. The zero-order valence-electron chi connectivity index (χ0n) is 17.7. The number of carboxylic acid groups (broad SMARTS) is 1. The van der Waals surface area contributed by atoms with Crippen molar-refractivity contribution in [2.24, 2.45) is 0 Å². The van der Waals surface area contributed by atoms with Gasteiger partial charge in [0.1, 0.15) is 0 Å². The van der Waals surface area contributed by atoms with Crippen LogP contribution in [0.2, 0.25) is 0 Å². The first-order valence-electron chi connectivity index (χ1n) is 9.93. The van der Waals surface area contributed by atoms with Gasteiger partial charge in [0.05, 0.1) is 12.1 Å². The second-order valence-corrected chi connectivity index (χ2v) is 7.58. The summed E-state index contributed by atoms with van der Waals surface area (Å²) in [7, 11) is 0. The van der Waals surface area contributed by atoms with E-state index in [1.54, 1.807) is 24.3 Å². The Morgan fingerprint density at radius 1 is 0.839 bits per heavy atom. The van der Waals surface area contributed by atoms with E-state index in [4.69, 9.17) is 5.11 Å². The summed E-state index contributed by atoms with van der Waals surface area (Å²) in [6.45, 7) is 5.79. The molecule has 3 N–H and O–H groups in total. The van der Waals surface area contributed by atoms with Crippen LogP contribution in [0.15, 0.2) is 54.6 Å². The van der Waals surface area contributed by atoms with Gasteiger partial charge in [-0.25, -0.2) is 0 Å². The molecule has 0 aliphatic heterocycles. The first kappa shape index (κ1) is 21.8. The average Bonchev–Trinajstić information content (AvgIpc) is 3.08. The molecule has 2 amide bonds. The van der Waals surface area contributed by atoms with Crippen molar-refractivity contribution < 1.29 is 19.5 Å². The molecule has 0 atom stereocenters. The van der Waals surface area contributed by atoms with Crippen LogP contribution in [0.3, 0.4) is 0 Å². The first-order valence-corrected chi connectivity index (χ1v) is 9.93. The van der Waals surface area contributed by atoms with Gasteiger partial charge in [0.25, 0.3) is 0 Å². The normalized spacial score (nSPS) is 10.5. The predicted octanol–water partition coefficient (Wildman–Crippen LogP) is 3.81. The van der Waals surface area contributed by atoms with Crippen molar-refractivity contribution >= 4 is 23.5 Å². The molecule has 0 radical (unpaired) electrons. The van der Waals surface area contributed by atoms with Crippen LogP contribution in [0, 0.1) is 20.8 Å². The topological polar surface area (TPSA) is 100 Å². The number of anilines is 1. The molecular weight excluding hydrogens is 394 g/mol. The molecule has 0 fully saturated rings. The van der Waals surface area contributed by atoms with E-state index in [1.807, 2.05) is 51.1 Å². The van der Waals surface area contributed by atoms with Crippen molar-refractivity contribution in [3.05, 3.63) is 77.0 Å². The van der Waals surface area contributed by atoms with Crippen LogP contribution >= 0.6 is 0 Å². The minimum atomic E-state index is -0.941. The SMILES string of the molecule is Cc1ccc(-c2ccc(CCC(=O)O)n2NC(=O)C(=O)Nc2cc(C)cc(C)c2)cc1. The molecule has 3 rings (SSSR count). The fourth-order valence-corrected chi connectivity index (χ4v) is 3.38. The largest absolute Gasteiger partial charge is 0.481 e. The molecule has 0 aliphatic rings. The summed E-state index contributed by atoms with van der Waals surface area (Å²) in [5, 5.41) is 11.7. The molecule has 0 saturated carbocycles. The van der Waals surface area contributed by atoms with E-state index in [-0.39, 0.29) is 12.8 Å².